The molecule has 0 fully saturated rings. The lowest BCUT2D eigenvalue weighted by molar-refractivity contribution is -0.385. The van der Waals surface area contributed by atoms with Crippen LogP contribution in [-0.2, 0) is 6.61 Å². The number of nitrogens with zero attached hydrogens (tertiary/aromatic N) is 1. The van der Waals surface area contributed by atoms with E-state index in [0.29, 0.717) is 12.4 Å². The second-order valence-corrected chi connectivity index (χ2v) is 5.31. The van der Waals surface area contributed by atoms with Crippen molar-refractivity contribution in [3.8, 4) is 11.5 Å². The molecule has 0 unspecified atom stereocenters. The number of hydrogen-bond donors (Lipinski definition) is 0. The number of ether oxygens (including phenoxy) is 2. The first kappa shape index (κ1) is 15.3. The molecule has 0 radical (unpaired) electrons. The van der Waals surface area contributed by atoms with Crippen molar-refractivity contribution in [2.45, 2.75) is 13.5 Å². The quantitative estimate of drug-likeness (QED) is 0.596. The summed E-state index contributed by atoms with van der Waals surface area (Å²) >= 11 is 3.45. The lowest BCUT2D eigenvalue weighted by atomic mass is 10.2. The van der Waals surface area contributed by atoms with Crippen LogP contribution in [0, 0.1) is 17.0 Å². The van der Waals surface area contributed by atoms with Crippen molar-refractivity contribution in [1.29, 1.82) is 0 Å². The number of aryl methyl sites for hydroxylation is 1. The summed E-state index contributed by atoms with van der Waals surface area (Å²) in [6.45, 7) is 2.14. The van der Waals surface area contributed by atoms with E-state index in [2.05, 4.69) is 15.9 Å². The summed E-state index contributed by atoms with van der Waals surface area (Å²) in [6, 6.07) is 10.1. The van der Waals surface area contributed by atoms with Gasteiger partial charge in [0.05, 0.1) is 18.1 Å². The Morgan fingerprint density at radius 3 is 2.67 bits per heavy atom. The second-order valence-electron chi connectivity index (χ2n) is 4.45. The van der Waals surface area contributed by atoms with E-state index in [1.807, 2.05) is 25.1 Å². The van der Waals surface area contributed by atoms with E-state index in [4.69, 9.17) is 9.47 Å². The van der Waals surface area contributed by atoms with E-state index in [1.54, 1.807) is 13.2 Å². The van der Waals surface area contributed by atoms with Gasteiger partial charge in [0.1, 0.15) is 18.1 Å². The predicted octanol–water partition coefficient (Wildman–Crippen LogP) is 4.25. The second kappa shape index (κ2) is 6.58. The van der Waals surface area contributed by atoms with Crippen LogP contribution in [0.5, 0.6) is 11.5 Å². The minimum absolute atomic E-state index is 0.0142. The summed E-state index contributed by atoms with van der Waals surface area (Å²) in [5.74, 6) is 1.23. The molecule has 110 valence electrons. The topological polar surface area (TPSA) is 61.6 Å². The minimum atomic E-state index is -0.437. The van der Waals surface area contributed by atoms with Gasteiger partial charge in [-0.25, -0.2) is 0 Å². The number of rotatable bonds is 5. The molecular formula is C15H14BrNO4. The Bertz CT molecular complexity index is 673. The van der Waals surface area contributed by atoms with Crippen LogP contribution < -0.4 is 9.47 Å². The zero-order valence-electron chi connectivity index (χ0n) is 11.6. The van der Waals surface area contributed by atoms with Crippen LogP contribution >= 0.6 is 15.9 Å². The average Bonchev–Trinajstić information content (AvgIpc) is 2.47. The number of non-ortho nitro benzene ring substituents is 1. The van der Waals surface area contributed by atoms with Crippen LogP contribution in [0.4, 0.5) is 5.69 Å². The normalized spacial score (nSPS) is 10.2. The first-order chi connectivity index (χ1) is 10.0. The zero-order valence-corrected chi connectivity index (χ0v) is 13.2. The monoisotopic (exact) mass is 351 g/mol. The van der Waals surface area contributed by atoms with E-state index in [-0.39, 0.29) is 5.69 Å². The first-order valence-corrected chi connectivity index (χ1v) is 7.01. The summed E-state index contributed by atoms with van der Waals surface area (Å²) < 4.78 is 11.8. The van der Waals surface area contributed by atoms with Gasteiger partial charge < -0.3 is 9.47 Å². The van der Waals surface area contributed by atoms with Crippen molar-refractivity contribution >= 4 is 21.6 Å². The van der Waals surface area contributed by atoms with E-state index >= 15 is 0 Å². The Balaban J connectivity index is 2.20. The van der Waals surface area contributed by atoms with Gasteiger partial charge in [0.2, 0.25) is 0 Å². The molecule has 0 saturated carbocycles. The Morgan fingerprint density at radius 2 is 2.00 bits per heavy atom. The highest BCUT2D eigenvalue weighted by atomic mass is 79.9. The van der Waals surface area contributed by atoms with Crippen LogP contribution in [0.25, 0.3) is 0 Å². The van der Waals surface area contributed by atoms with Gasteiger partial charge in [-0.05, 0) is 36.8 Å². The number of halogens is 1. The largest absolute Gasteiger partial charge is 0.497 e. The predicted molar refractivity (Wildman–Crippen MR) is 82.9 cm³/mol. The fourth-order valence-corrected chi connectivity index (χ4v) is 2.16. The van der Waals surface area contributed by atoms with Crippen LogP contribution in [-0.4, -0.2) is 12.0 Å². The van der Waals surface area contributed by atoms with Gasteiger partial charge in [0, 0.05) is 16.1 Å². The van der Waals surface area contributed by atoms with Crippen molar-refractivity contribution < 1.29 is 14.4 Å². The Hall–Kier alpha value is -2.08. The molecule has 0 aliphatic carbocycles. The molecule has 0 aromatic heterocycles. The molecule has 21 heavy (non-hydrogen) atoms. The number of benzene rings is 2. The molecule has 0 aliphatic heterocycles. The van der Waals surface area contributed by atoms with Gasteiger partial charge in [-0.2, -0.15) is 0 Å². The van der Waals surface area contributed by atoms with Crippen molar-refractivity contribution in [2.24, 2.45) is 0 Å². The van der Waals surface area contributed by atoms with Gasteiger partial charge >= 0.3 is 0 Å². The molecular weight excluding hydrogens is 338 g/mol. The fraction of sp³-hybridized carbons (Fsp3) is 0.200. The van der Waals surface area contributed by atoms with E-state index < -0.39 is 4.92 Å². The molecule has 0 heterocycles. The van der Waals surface area contributed by atoms with Crippen LogP contribution in [0.15, 0.2) is 40.9 Å². The van der Waals surface area contributed by atoms with E-state index in [1.165, 1.54) is 12.1 Å². The number of nitro benzene ring substituents is 1. The fourth-order valence-electron chi connectivity index (χ4n) is 1.80. The highest BCUT2D eigenvalue weighted by molar-refractivity contribution is 9.10. The summed E-state index contributed by atoms with van der Waals surface area (Å²) in [6.07, 6.45) is 0. The maximum atomic E-state index is 10.8. The van der Waals surface area contributed by atoms with Crippen LogP contribution in [0.3, 0.4) is 0 Å². The molecule has 2 aromatic rings. The van der Waals surface area contributed by atoms with Crippen molar-refractivity contribution in [3.63, 3.8) is 0 Å². The third-order valence-electron chi connectivity index (χ3n) is 3.02. The maximum Gasteiger partial charge on any atom is 0.273 e. The zero-order chi connectivity index (χ0) is 15.4. The average molecular weight is 352 g/mol. The Labute approximate surface area is 130 Å². The molecule has 2 aromatic carbocycles. The first-order valence-electron chi connectivity index (χ1n) is 6.21. The summed E-state index contributed by atoms with van der Waals surface area (Å²) in [5.41, 5.74) is 1.76. The SMILES string of the molecule is COc1ccc(Br)c(COc2cc([N+](=O)[O-])ccc2C)c1. The molecule has 0 spiro atoms. The van der Waals surface area contributed by atoms with E-state index in [9.17, 15) is 10.1 Å². The summed E-state index contributed by atoms with van der Waals surface area (Å²) in [5, 5.41) is 10.8. The highest BCUT2D eigenvalue weighted by Gasteiger charge is 2.10. The highest BCUT2D eigenvalue weighted by Crippen LogP contribution is 2.27. The molecule has 2 rings (SSSR count). The molecule has 0 aliphatic rings. The summed E-state index contributed by atoms with van der Waals surface area (Å²) in [4.78, 5) is 10.4. The number of hydrogen-bond acceptors (Lipinski definition) is 4. The molecule has 6 heteroatoms. The van der Waals surface area contributed by atoms with Crippen molar-refractivity contribution in [1.82, 2.24) is 0 Å². The van der Waals surface area contributed by atoms with Gasteiger partial charge in [0.15, 0.2) is 0 Å². The molecule has 0 bridgehead atoms. The Morgan fingerprint density at radius 1 is 1.24 bits per heavy atom. The molecule has 5 nitrogen and oxygen atoms in total. The molecule has 0 saturated heterocycles. The standard InChI is InChI=1S/C15H14BrNO4/c1-10-3-4-12(17(18)19)8-15(10)21-9-11-7-13(20-2)5-6-14(11)16/h3-8H,9H2,1-2H3. The summed E-state index contributed by atoms with van der Waals surface area (Å²) in [7, 11) is 1.60. The van der Waals surface area contributed by atoms with Gasteiger partial charge in [-0.3, -0.25) is 10.1 Å². The third kappa shape index (κ3) is 3.72. The maximum absolute atomic E-state index is 10.8. The third-order valence-corrected chi connectivity index (χ3v) is 3.79. The van der Waals surface area contributed by atoms with Crippen molar-refractivity contribution in [3.05, 3.63) is 62.1 Å². The molecule has 0 N–H and O–H groups in total. The van der Waals surface area contributed by atoms with Gasteiger partial charge in [0.25, 0.3) is 5.69 Å². The molecule has 0 amide bonds. The lowest BCUT2D eigenvalue weighted by Gasteiger charge is -2.11. The number of nitro groups is 1. The van der Waals surface area contributed by atoms with Gasteiger partial charge in [-0.1, -0.05) is 15.9 Å². The van der Waals surface area contributed by atoms with Crippen molar-refractivity contribution in [2.75, 3.05) is 7.11 Å². The minimum Gasteiger partial charge on any atom is -0.497 e. The van der Waals surface area contributed by atoms with Crippen LogP contribution in [0.1, 0.15) is 11.1 Å². The molecule has 0 atom stereocenters. The van der Waals surface area contributed by atoms with Gasteiger partial charge in [-0.15, -0.1) is 0 Å². The lowest BCUT2D eigenvalue weighted by Crippen LogP contribution is -1.99. The van der Waals surface area contributed by atoms with Crippen LogP contribution in [0.2, 0.25) is 0 Å². The number of methoxy groups -OCH3 is 1. The Kier molecular flexibility index (Phi) is 4.80. The van der Waals surface area contributed by atoms with E-state index in [0.717, 1.165) is 21.3 Å². The smallest absolute Gasteiger partial charge is 0.273 e.